The third kappa shape index (κ3) is 3.49. The molecule has 2 aromatic carbocycles. The SMILES string of the molecule is O=C(O/N=C1\C(=O)N(Cc2cccc(C(F)(F)F)c2)c2ccccc21)C1CC1. The van der Waals surface area contributed by atoms with Crippen molar-refractivity contribution in [3.63, 3.8) is 0 Å². The van der Waals surface area contributed by atoms with Crippen molar-refractivity contribution in [3.8, 4) is 0 Å². The van der Waals surface area contributed by atoms with Crippen LogP contribution in [-0.4, -0.2) is 17.6 Å². The highest BCUT2D eigenvalue weighted by atomic mass is 19.4. The number of amides is 1. The van der Waals surface area contributed by atoms with E-state index in [4.69, 9.17) is 4.84 Å². The fourth-order valence-corrected chi connectivity index (χ4v) is 3.02. The largest absolute Gasteiger partial charge is 0.416 e. The molecule has 1 fully saturated rings. The van der Waals surface area contributed by atoms with Gasteiger partial charge in [-0.15, -0.1) is 0 Å². The van der Waals surface area contributed by atoms with Crippen molar-refractivity contribution < 1.29 is 27.6 Å². The Balaban J connectivity index is 1.62. The maximum Gasteiger partial charge on any atom is 0.416 e. The van der Waals surface area contributed by atoms with Gasteiger partial charge in [-0.25, -0.2) is 4.79 Å². The quantitative estimate of drug-likeness (QED) is 0.590. The van der Waals surface area contributed by atoms with Gasteiger partial charge >= 0.3 is 12.1 Å². The molecule has 2 aliphatic rings. The molecule has 0 N–H and O–H groups in total. The zero-order valence-corrected chi connectivity index (χ0v) is 14.6. The molecule has 1 saturated carbocycles. The number of carbonyl (C=O) groups is 2. The van der Waals surface area contributed by atoms with Gasteiger partial charge in [-0.1, -0.05) is 35.5 Å². The second-order valence-corrected chi connectivity index (χ2v) is 6.73. The second-order valence-electron chi connectivity index (χ2n) is 6.73. The maximum atomic E-state index is 13.0. The van der Waals surface area contributed by atoms with Gasteiger partial charge in [0.2, 0.25) is 0 Å². The third-order valence-electron chi connectivity index (χ3n) is 4.63. The summed E-state index contributed by atoms with van der Waals surface area (Å²) in [5.41, 5.74) is 0.497. The average Bonchev–Trinajstić information content (AvgIpc) is 3.48. The molecule has 28 heavy (non-hydrogen) atoms. The third-order valence-corrected chi connectivity index (χ3v) is 4.63. The molecule has 0 saturated heterocycles. The summed E-state index contributed by atoms with van der Waals surface area (Å²) in [5, 5.41) is 3.75. The van der Waals surface area contributed by atoms with Gasteiger partial charge in [0.25, 0.3) is 5.91 Å². The van der Waals surface area contributed by atoms with E-state index in [1.165, 1.54) is 17.0 Å². The molecule has 0 spiro atoms. The number of hydrogen-bond acceptors (Lipinski definition) is 4. The molecule has 0 radical (unpaired) electrons. The normalized spacial score (nSPS) is 17.8. The summed E-state index contributed by atoms with van der Waals surface area (Å²) >= 11 is 0. The molecule has 2 aromatic rings. The van der Waals surface area contributed by atoms with Crippen LogP contribution in [0.1, 0.15) is 29.5 Å². The minimum absolute atomic E-state index is 0.0309. The van der Waals surface area contributed by atoms with Crippen molar-refractivity contribution in [3.05, 3.63) is 65.2 Å². The van der Waals surface area contributed by atoms with E-state index in [9.17, 15) is 22.8 Å². The number of carbonyl (C=O) groups excluding carboxylic acids is 2. The van der Waals surface area contributed by atoms with Crippen LogP contribution in [0.15, 0.2) is 53.7 Å². The Labute approximate surface area is 158 Å². The Morgan fingerprint density at radius 1 is 1.14 bits per heavy atom. The molecule has 0 unspecified atom stereocenters. The van der Waals surface area contributed by atoms with Crippen molar-refractivity contribution in [2.24, 2.45) is 11.1 Å². The van der Waals surface area contributed by atoms with Gasteiger partial charge in [-0.05, 0) is 36.6 Å². The van der Waals surface area contributed by atoms with Gasteiger partial charge in [-0.2, -0.15) is 13.2 Å². The molecule has 1 aliphatic carbocycles. The van der Waals surface area contributed by atoms with E-state index in [0.717, 1.165) is 25.0 Å². The van der Waals surface area contributed by atoms with Crippen molar-refractivity contribution in [1.29, 1.82) is 0 Å². The van der Waals surface area contributed by atoms with Crippen LogP contribution in [0.4, 0.5) is 18.9 Å². The zero-order valence-electron chi connectivity index (χ0n) is 14.6. The highest BCUT2D eigenvalue weighted by molar-refractivity contribution is 6.54. The lowest BCUT2D eigenvalue weighted by Crippen LogP contribution is -2.30. The van der Waals surface area contributed by atoms with E-state index in [0.29, 0.717) is 16.8 Å². The van der Waals surface area contributed by atoms with E-state index in [-0.39, 0.29) is 18.2 Å². The molecule has 5 nitrogen and oxygen atoms in total. The average molecular weight is 388 g/mol. The molecule has 4 rings (SSSR count). The van der Waals surface area contributed by atoms with Gasteiger partial charge in [0, 0.05) is 5.56 Å². The van der Waals surface area contributed by atoms with Crippen molar-refractivity contribution in [2.75, 3.05) is 4.90 Å². The summed E-state index contributed by atoms with van der Waals surface area (Å²) in [5.74, 6) is -1.17. The maximum absolute atomic E-state index is 13.0. The summed E-state index contributed by atoms with van der Waals surface area (Å²) < 4.78 is 38.9. The summed E-state index contributed by atoms with van der Waals surface area (Å²) in [6.45, 7) is -0.0602. The zero-order chi connectivity index (χ0) is 19.9. The van der Waals surface area contributed by atoms with Crippen LogP contribution in [0, 0.1) is 5.92 Å². The first-order valence-corrected chi connectivity index (χ1v) is 8.71. The topological polar surface area (TPSA) is 59.0 Å². The number of hydrogen-bond donors (Lipinski definition) is 0. The predicted molar refractivity (Wildman–Crippen MR) is 94.4 cm³/mol. The van der Waals surface area contributed by atoms with E-state index >= 15 is 0 Å². The number of para-hydroxylation sites is 1. The number of fused-ring (bicyclic) bond motifs is 1. The van der Waals surface area contributed by atoms with Crippen LogP contribution in [0.5, 0.6) is 0 Å². The lowest BCUT2D eigenvalue weighted by atomic mass is 10.1. The van der Waals surface area contributed by atoms with Crippen molar-refractivity contribution >= 4 is 23.3 Å². The minimum atomic E-state index is -4.47. The van der Waals surface area contributed by atoms with Crippen LogP contribution in [0.25, 0.3) is 0 Å². The molecule has 1 heterocycles. The van der Waals surface area contributed by atoms with Gasteiger partial charge in [0.1, 0.15) is 0 Å². The number of anilines is 1. The Morgan fingerprint density at radius 2 is 1.89 bits per heavy atom. The van der Waals surface area contributed by atoms with E-state index < -0.39 is 23.6 Å². The molecule has 144 valence electrons. The van der Waals surface area contributed by atoms with Crippen LogP contribution in [0.3, 0.4) is 0 Å². The Kier molecular flexibility index (Phi) is 4.41. The highest BCUT2D eigenvalue weighted by Crippen LogP contribution is 2.34. The molecule has 0 atom stereocenters. The fraction of sp³-hybridized carbons (Fsp3) is 0.250. The molecular weight excluding hydrogens is 373 g/mol. The molecule has 1 aliphatic heterocycles. The Bertz CT molecular complexity index is 981. The Morgan fingerprint density at radius 3 is 2.61 bits per heavy atom. The number of halogens is 3. The van der Waals surface area contributed by atoms with E-state index in [1.807, 2.05) is 0 Å². The van der Waals surface area contributed by atoms with E-state index in [1.54, 1.807) is 24.3 Å². The predicted octanol–water partition coefficient (Wildman–Crippen LogP) is 3.91. The van der Waals surface area contributed by atoms with Crippen LogP contribution in [-0.2, 0) is 27.1 Å². The highest BCUT2D eigenvalue weighted by Gasteiger charge is 2.37. The smallest absolute Gasteiger partial charge is 0.317 e. The molecule has 1 amide bonds. The summed E-state index contributed by atoms with van der Waals surface area (Å²) in [7, 11) is 0. The molecular formula is C20H15F3N2O3. The molecule has 0 bridgehead atoms. The number of nitrogens with zero attached hydrogens (tertiary/aromatic N) is 2. The first-order chi connectivity index (χ1) is 13.3. The van der Waals surface area contributed by atoms with Gasteiger partial charge in [0.05, 0.1) is 23.7 Å². The first kappa shape index (κ1) is 18.2. The standard InChI is InChI=1S/C20H15F3N2O3/c21-20(22,23)14-5-3-4-12(10-14)11-25-16-7-2-1-6-15(16)17(18(25)26)24-28-19(27)13-8-9-13/h1-7,10,13H,8-9,11H2/b24-17-. The van der Waals surface area contributed by atoms with Gasteiger partial charge < -0.3 is 9.74 Å². The summed E-state index contributed by atoms with van der Waals surface area (Å²) in [6, 6.07) is 11.6. The Hall–Kier alpha value is -3.16. The number of rotatable bonds is 4. The van der Waals surface area contributed by atoms with E-state index in [2.05, 4.69) is 5.16 Å². The molecule has 8 heteroatoms. The van der Waals surface area contributed by atoms with Crippen molar-refractivity contribution in [2.45, 2.75) is 25.6 Å². The number of benzene rings is 2. The van der Waals surface area contributed by atoms with Crippen LogP contribution in [0.2, 0.25) is 0 Å². The first-order valence-electron chi connectivity index (χ1n) is 8.71. The van der Waals surface area contributed by atoms with Crippen LogP contribution >= 0.6 is 0 Å². The molecule has 0 aromatic heterocycles. The lowest BCUT2D eigenvalue weighted by molar-refractivity contribution is -0.145. The number of alkyl halides is 3. The fourth-order valence-electron chi connectivity index (χ4n) is 3.02. The van der Waals surface area contributed by atoms with Gasteiger partial charge in [-0.3, -0.25) is 4.79 Å². The van der Waals surface area contributed by atoms with Crippen molar-refractivity contribution in [1.82, 2.24) is 0 Å². The lowest BCUT2D eigenvalue weighted by Gasteiger charge is -2.17. The van der Waals surface area contributed by atoms with Gasteiger partial charge in [0.15, 0.2) is 5.71 Å². The minimum Gasteiger partial charge on any atom is -0.317 e. The second kappa shape index (κ2) is 6.78. The summed E-state index contributed by atoms with van der Waals surface area (Å²) in [6.07, 6.45) is -2.97. The van der Waals surface area contributed by atoms with Crippen LogP contribution < -0.4 is 4.90 Å². The number of oxime groups is 1. The monoisotopic (exact) mass is 388 g/mol. The summed E-state index contributed by atoms with van der Waals surface area (Å²) in [4.78, 5) is 30.8.